The van der Waals surface area contributed by atoms with E-state index in [1.54, 1.807) is 7.11 Å². The zero-order valence-corrected chi connectivity index (χ0v) is 19.3. The number of methoxy groups -OCH3 is 1. The van der Waals surface area contributed by atoms with Crippen LogP contribution < -0.4 is 20.3 Å². The lowest BCUT2D eigenvalue weighted by Crippen LogP contribution is -2.42. The highest BCUT2D eigenvalue weighted by molar-refractivity contribution is 5.79. The lowest BCUT2D eigenvalue weighted by atomic mass is 10.0. The van der Waals surface area contributed by atoms with Crippen LogP contribution >= 0.6 is 0 Å². The predicted octanol–water partition coefficient (Wildman–Crippen LogP) is 3.05. The van der Waals surface area contributed by atoms with Crippen LogP contribution in [0.5, 0.6) is 5.75 Å². The molecule has 0 spiro atoms. The van der Waals surface area contributed by atoms with Crippen molar-refractivity contribution in [3.8, 4) is 5.75 Å². The SMILES string of the molecule is CCNC(=NCc1ccnc(N(C)C)c1)NCC(c1ccccc1OC)N1CCCC1. The lowest BCUT2D eigenvalue weighted by molar-refractivity contribution is 0.239. The van der Waals surface area contributed by atoms with Crippen LogP contribution in [0.3, 0.4) is 0 Å². The second-order valence-corrected chi connectivity index (χ2v) is 7.99. The van der Waals surface area contributed by atoms with Crippen LogP contribution in [0.4, 0.5) is 5.82 Å². The summed E-state index contributed by atoms with van der Waals surface area (Å²) in [6.07, 6.45) is 4.33. The molecule has 0 bridgehead atoms. The van der Waals surface area contributed by atoms with Gasteiger partial charge in [-0.25, -0.2) is 9.98 Å². The number of aliphatic imine (C=N–C) groups is 1. The molecular formula is C24H36N6O. The van der Waals surface area contributed by atoms with Crippen LogP contribution in [-0.2, 0) is 6.54 Å². The van der Waals surface area contributed by atoms with Crippen LogP contribution in [0.25, 0.3) is 0 Å². The molecule has 1 unspecified atom stereocenters. The number of anilines is 1. The second kappa shape index (κ2) is 11.6. The Labute approximate surface area is 186 Å². The van der Waals surface area contributed by atoms with Crippen LogP contribution in [0, 0.1) is 0 Å². The van der Waals surface area contributed by atoms with Crippen LogP contribution in [0.15, 0.2) is 47.6 Å². The molecule has 0 saturated carbocycles. The molecule has 7 nitrogen and oxygen atoms in total. The summed E-state index contributed by atoms with van der Waals surface area (Å²) < 4.78 is 5.67. The first-order valence-electron chi connectivity index (χ1n) is 11.1. The summed E-state index contributed by atoms with van der Waals surface area (Å²) >= 11 is 0. The molecule has 31 heavy (non-hydrogen) atoms. The number of aromatic nitrogens is 1. The fourth-order valence-electron chi connectivity index (χ4n) is 3.94. The van der Waals surface area contributed by atoms with Gasteiger partial charge in [0.05, 0.1) is 19.7 Å². The molecule has 1 aliphatic heterocycles. The van der Waals surface area contributed by atoms with Crippen LogP contribution in [-0.4, -0.2) is 63.2 Å². The van der Waals surface area contributed by atoms with E-state index in [-0.39, 0.29) is 6.04 Å². The molecule has 0 amide bonds. The van der Waals surface area contributed by atoms with E-state index in [4.69, 9.17) is 9.73 Å². The molecule has 168 valence electrons. The zero-order chi connectivity index (χ0) is 22.1. The van der Waals surface area contributed by atoms with E-state index in [0.29, 0.717) is 6.54 Å². The van der Waals surface area contributed by atoms with Crippen LogP contribution in [0.2, 0.25) is 0 Å². The molecule has 1 aromatic heterocycles. The highest BCUT2D eigenvalue weighted by atomic mass is 16.5. The average molecular weight is 425 g/mol. The van der Waals surface area contributed by atoms with Gasteiger partial charge >= 0.3 is 0 Å². The van der Waals surface area contributed by atoms with Crippen molar-refractivity contribution < 1.29 is 4.74 Å². The summed E-state index contributed by atoms with van der Waals surface area (Å²) in [6, 6.07) is 12.7. The van der Waals surface area contributed by atoms with E-state index in [1.165, 1.54) is 18.4 Å². The van der Waals surface area contributed by atoms with E-state index in [2.05, 4.69) is 45.6 Å². The quantitative estimate of drug-likeness (QED) is 0.477. The van der Waals surface area contributed by atoms with Gasteiger partial charge in [0.2, 0.25) is 0 Å². The summed E-state index contributed by atoms with van der Waals surface area (Å²) in [5, 5.41) is 6.95. The molecule has 7 heteroatoms. The minimum atomic E-state index is 0.240. The highest BCUT2D eigenvalue weighted by Crippen LogP contribution is 2.31. The minimum Gasteiger partial charge on any atom is -0.496 e. The average Bonchev–Trinajstić information content (AvgIpc) is 3.32. The topological polar surface area (TPSA) is 65.0 Å². The largest absolute Gasteiger partial charge is 0.496 e. The molecule has 2 heterocycles. The van der Waals surface area contributed by atoms with Gasteiger partial charge in [0.25, 0.3) is 0 Å². The highest BCUT2D eigenvalue weighted by Gasteiger charge is 2.26. The molecule has 2 N–H and O–H groups in total. The van der Waals surface area contributed by atoms with Crippen molar-refractivity contribution in [3.05, 3.63) is 53.7 Å². The number of guanidine groups is 1. The van der Waals surface area contributed by atoms with Crippen molar-refractivity contribution in [3.63, 3.8) is 0 Å². The van der Waals surface area contributed by atoms with E-state index in [9.17, 15) is 0 Å². The zero-order valence-electron chi connectivity index (χ0n) is 19.3. The summed E-state index contributed by atoms with van der Waals surface area (Å²) in [5.41, 5.74) is 2.36. The van der Waals surface area contributed by atoms with Crippen molar-refractivity contribution in [2.75, 3.05) is 52.3 Å². The summed E-state index contributed by atoms with van der Waals surface area (Å²) in [6.45, 7) is 6.50. The van der Waals surface area contributed by atoms with Gasteiger partial charge in [-0.05, 0) is 56.6 Å². The third kappa shape index (κ3) is 6.34. The van der Waals surface area contributed by atoms with Gasteiger partial charge in [0, 0.05) is 38.9 Å². The van der Waals surface area contributed by atoms with Gasteiger partial charge in [-0.3, -0.25) is 4.90 Å². The Kier molecular flexibility index (Phi) is 8.53. The number of para-hydroxylation sites is 1. The maximum atomic E-state index is 5.67. The van der Waals surface area contributed by atoms with Gasteiger partial charge in [0.1, 0.15) is 11.6 Å². The number of nitrogens with zero attached hydrogens (tertiary/aromatic N) is 4. The van der Waals surface area contributed by atoms with Crippen molar-refractivity contribution in [1.82, 2.24) is 20.5 Å². The van der Waals surface area contributed by atoms with E-state index < -0.39 is 0 Å². The number of nitrogens with one attached hydrogen (secondary N) is 2. The Morgan fingerprint density at radius 1 is 1.19 bits per heavy atom. The third-order valence-corrected chi connectivity index (χ3v) is 5.57. The lowest BCUT2D eigenvalue weighted by Gasteiger charge is -2.30. The maximum Gasteiger partial charge on any atom is 0.191 e. The predicted molar refractivity (Wildman–Crippen MR) is 128 cm³/mol. The Balaban J connectivity index is 1.74. The van der Waals surface area contributed by atoms with Crippen molar-refractivity contribution in [2.45, 2.75) is 32.4 Å². The number of likely N-dealkylation sites (tertiary alicyclic amines) is 1. The molecule has 3 rings (SSSR count). The van der Waals surface area contributed by atoms with Gasteiger partial charge in [0.15, 0.2) is 5.96 Å². The smallest absolute Gasteiger partial charge is 0.191 e. The molecule has 0 aliphatic carbocycles. The van der Waals surface area contributed by atoms with Gasteiger partial charge in [-0.1, -0.05) is 18.2 Å². The Morgan fingerprint density at radius 3 is 2.68 bits per heavy atom. The van der Waals surface area contributed by atoms with E-state index >= 15 is 0 Å². The maximum absolute atomic E-state index is 5.67. The van der Waals surface area contributed by atoms with Gasteiger partial charge in [-0.2, -0.15) is 0 Å². The first-order chi connectivity index (χ1) is 15.1. The summed E-state index contributed by atoms with van der Waals surface area (Å²) in [5.74, 6) is 2.71. The monoisotopic (exact) mass is 424 g/mol. The normalized spacial score (nSPS) is 15.5. The number of hydrogen-bond donors (Lipinski definition) is 2. The number of ether oxygens (including phenoxy) is 1. The molecule has 1 fully saturated rings. The summed E-state index contributed by atoms with van der Waals surface area (Å²) in [7, 11) is 5.74. The van der Waals surface area contributed by atoms with Crippen LogP contribution in [0.1, 0.15) is 36.9 Å². The van der Waals surface area contributed by atoms with E-state index in [1.807, 2.05) is 43.4 Å². The molecule has 2 aromatic rings. The molecule has 1 aromatic carbocycles. The molecular weight excluding hydrogens is 388 g/mol. The fraction of sp³-hybridized carbons (Fsp3) is 0.500. The second-order valence-electron chi connectivity index (χ2n) is 7.99. The fourth-order valence-corrected chi connectivity index (χ4v) is 3.94. The van der Waals surface area contributed by atoms with Gasteiger partial charge < -0.3 is 20.3 Å². The molecule has 0 radical (unpaired) electrons. The summed E-state index contributed by atoms with van der Waals surface area (Å²) in [4.78, 5) is 13.7. The Bertz CT molecular complexity index is 847. The first-order valence-corrected chi connectivity index (χ1v) is 11.1. The first kappa shape index (κ1) is 22.9. The molecule has 1 saturated heterocycles. The van der Waals surface area contributed by atoms with Gasteiger partial charge in [-0.15, -0.1) is 0 Å². The Hall–Kier alpha value is -2.80. The van der Waals surface area contributed by atoms with Crippen molar-refractivity contribution in [2.24, 2.45) is 4.99 Å². The minimum absolute atomic E-state index is 0.240. The third-order valence-electron chi connectivity index (χ3n) is 5.57. The molecule has 1 atom stereocenters. The van der Waals surface area contributed by atoms with E-state index in [0.717, 1.165) is 49.3 Å². The number of benzene rings is 1. The standard InChI is InChI=1S/C24H36N6O/c1-5-25-24(27-17-19-12-13-26-23(16-19)29(2)3)28-18-21(30-14-8-9-15-30)20-10-6-7-11-22(20)31-4/h6-7,10-13,16,21H,5,8-9,14-15,17-18H2,1-4H3,(H2,25,27,28). The number of pyridine rings is 1. The molecule has 1 aliphatic rings. The Morgan fingerprint density at radius 2 is 1.97 bits per heavy atom. The number of hydrogen-bond acceptors (Lipinski definition) is 5. The van der Waals surface area contributed by atoms with Crippen molar-refractivity contribution in [1.29, 1.82) is 0 Å². The number of rotatable bonds is 9. The van der Waals surface area contributed by atoms with Crippen molar-refractivity contribution >= 4 is 11.8 Å².